The molecule has 0 bridgehead atoms. The van der Waals surface area contributed by atoms with Crippen molar-refractivity contribution in [2.75, 3.05) is 0 Å². The molecule has 0 N–H and O–H groups in total. The van der Waals surface area contributed by atoms with Gasteiger partial charge in [0.15, 0.2) is 11.6 Å². The minimum absolute atomic E-state index is 0.0481. The maximum absolute atomic E-state index is 13.7. The molecule has 2 aliphatic carbocycles. The summed E-state index contributed by atoms with van der Waals surface area (Å²) in [5.41, 5.74) is 0.897. The minimum atomic E-state index is -0.775. The SMILES string of the molecule is O=C1CCC(C2(c3ccc(F)c(F)c3)CCCCC2)CC1. The Kier molecular flexibility index (Phi) is 4.10. The van der Waals surface area contributed by atoms with E-state index < -0.39 is 11.6 Å². The summed E-state index contributed by atoms with van der Waals surface area (Å²) in [4.78, 5) is 11.5. The maximum atomic E-state index is 13.7. The summed E-state index contributed by atoms with van der Waals surface area (Å²) in [5.74, 6) is -0.740. The summed E-state index contributed by atoms with van der Waals surface area (Å²) in [6.07, 6.45) is 8.68. The van der Waals surface area contributed by atoms with E-state index in [1.165, 1.54) is 18.6 Å². The third-order valence-electron chi connectivity index (χ3n) is 5.57. The summed E-state index contributed by atoms with van der Waals surface area (Å²) < 4.78 is 27.0. The van der Waals surface area contributed by atoms with Gasteiger partial charge >= 0.3 is 0 Å². The molecule has 0 aliphatic heterocycles. The normalized spacial score (nSPS) is 23.2. The highest BCUT2D eigenvalue weighted by atomic mass is 19.2. The van der Waals surface area contributed by atoms with E-state index in [2.05, 4.69) is 0 Å². The van der Waals surface area contributed by atoms with Gasteiger partial charge in [0.2, 0.25) is 0 Å². The van der Waals surface area contributed by atoms with Crippen LogP contribution in [0, 0.1) is 17.6 Å². The molecule has 1 aromatic carbocycles. The Labute approximate surface area is 124 Å². The Morgan fingerprint density at radius 3 is 2.24 bits per heavy atom. The van der Waals surface area contributed by atoms with Gasteiger partial charge in [-0.25, -0.2) is 8.78 Å². The van der Waals surface area contributed by atoms with Gasteiger partial charge in [-0.3, -0.25) is 4.79 Å². The van der Waals surface area contributed by atoms with Gasteiger partial charge in [0, 0.05) is 12.8 Å². The van der Waals surface area contributed by atoms with Crippen molar-refractivity contribution in [1.29, 1.82) is 0 Å². The molecule has 0 unspecified atom stereocenters. The van der Waals surface area contributed by atoms with Crippen molar-refractivity contribution >= 4 is 5.78 Å². The number of halogens is 2. The van der Waals surface area contributed by atoms with Crippen LogP contribution in [-0.4, -0.2) is 5.78 Å². The molecule has 2 aliphatic rings. The van der Waals surface area contributed by atoms with Gasteiger partial charge in [0.05, 0.1) is 0 Å². The summed E-state index contributed by atoms with van der Waals surface area (Å²) in [5, 5.41) is 0. The Bertz CT molecular complexity index is 522. The first kappa shape index (κ1) is 14.7. The van der Waals surface area contributed by atoms with Gasteiger partial charge < -0.3 is 0 Å². The van der Waals surface area contributed by atoms with Crippen LogP contribution in [0.5, 0.6) is 0 Å². The van der Waals surface area contributed by atoms with Gasteiger partial charge in [-0.15, -0.1) is 0 Å². The van der Waals surface area contributed by atoms with Crippen molar-refractivity contribution in [2.24, 2.45) is 5.92 Å². The molecule has 0 heterocycles. The lowest BCUT2D eigenvalue weighted by Crippen LogP contribution is -2.39. The summed E-state index contributed by atoms with van der Waals surface area (Å²) in [6, 6.07) is 4.42. The third-order valence-corrected chi connectivity index (χ3v) is 5.57. The summed E-state index contributed by atoms with van der Waals surface area (Å²) in [7, 11) is 0. The fourth-order valence-electron chi connectivity index (χ4n) is 4.41. The van der Waals surface area contributed by atoms with E-state index in [4.69, 9.17) is 0 Å². The molecule has 0 saturated heterocycles. The molecule has 3 heteroatoms. The van der Waals surface area contributed by atoms with Crippen LogP contribution >= 0.6 is 0 Å². The van der Waals surface area contributed by atoms with Crippen LogP contribution in [0.15, 0.2) is 18.2 Å². The predicted octanol–water partition coefficient (Wildman–Crippen LogP) is 4.93. The lowest BCUT2D eigenvalue weighted by molar-refractivity contribution is -0.121. The maximum Gasteiger partial charge on any atom is 0.159 e. The highest BCUT2D eigenvalue weighted by molar-refractivity contribution is 5.79. The molecule has 3 rings (SSSR count). The van der Waals surface area contributed by atoms with Crippen LogP contribution in [0.2, 0.25) is 0 Å². The molecule has 0 amide bonds. The number of rotatable bonds is 2. The Morgan fingerprint density at radius 2 is 1.62 bits per heavy atom. The molecular weight excluding hydrogens is 270 g/mol. The smallest absolute Gasteiger partial charge is 0.159 e. The van der Waals surface area contributed by atoms with Crippen molar-refractivity contribution < 1.29 is 13.6 Å². The van der Waals surface area contributed by atoms with Crippen molar-refractivity contribution in [3.63, 3.8) is 0 Å². The van der Waals surface area contributed by atoms with Crippen LogP contribution in [0.25, 0.3) is 0 Å². The molecule has 2 fully saturated rings. The highest BCUT2D eigenvalue weighted by Gasteiger charge is 2.42. The lowest BCUT2D eigenvalue weighted by Gasteiger charge is -2.46. The van der Waals surface area contributed by atoms with Crippen molar-refractivity contribution in [3.8, 4) is 0 Å². The summed E-state index contributed by atoms with van der Waals surface area (Å²) in [6.45, 7) is 0. The number of carbonyl (C=O) groups is 1. The van der Waals surface area contributed by atoms with Crippen LogP contribution in [0.4, 0.5) is 8.78 Å². The fraction of sp³-hybridized carbons (Fsp3) is 0.611. The van der Waals surface area contributed by atoms with Crippen LogP contribution < -0.4 is 0 Å². The number of benzene rings is 1. The van der Waals surface area contributed by atoms with Gasteiger partial charge in [0.1, 0.15) is 5.78 Å². The zero-order valence-corrected chi connectivity index (χ0v) is 12.3. The third kappa shape index (κ3) is 2.75. The largest absolute Gasteiger partial charge is 0.300 e. The second-order valence-electron chi connectivity index (χ2n) is 6.66. The minimum Gasteiger partial charge on any atom is -0.300 e. The van der Waals surface area contributed by atoms with E-state index in [9.17, 15) is 13.6 Å². The first-order chi connectivity index (χ1) is 10.1. The van der Waals surface area contributed by atoms with E-state index in [1.807, 2.05) is 0 Å². The van der Waals surface area contributed by atoms with E-state index in [0.29, 0.717) is 24.5 Å². The average Bonchev–Trinajstić information content (AvgIpc) is 2.51. The second kappa shape index (κ2) is 5.86. The Hall–Kier alpha value is -1.25. The molecule has 0 spiro atoms. The zero-order chi connectivity index (χ0) is 14.9. The van der Waals surface area contributed by atoms with Crippen molar-refractivity contribution in [1.82, 2.24) is 0 Å². The molecule has 21 heavy (non-hydrogen) atoms. The molecule has 1 aromatic rings. The van der Waals surface area contributed by atoms with Gasteiger partial charge in [-0.05, 0) is 54.7 Å². The van der Waals surface area contributed by atoms with E-state index in [1.54, 1.807) is 6.07 Å². The van der Waals surface area contributed by atoms with Crippen molar-refractivity contribution in [2.45, 2.75) is 63.2 Å². The number of hydrogen-bond donors (Lipinski definition) is 0. The van der Waals surface area contributed by atoms with Crippen LogP contribution in [0.1, 0.15) is 63.4 Å². The highest BCUT2D eigenvalue weighted by Crippen LogP contribution is 2.49. The average molecular weight is 292 g/mol. The Morgan fingerprint density at radius 1 is 0.952 bits per heavy atom. The number of hydrogen-bond acceptors (Lipinski definition) is 1. The molecular formula is C18H22F2O. The molecule has 0 atom stereocenters. The first-order valence-electron chi connectivity index (χ1n) is 8.09. The Balaban J connectivity index is 1.95. The molecule has 0 radical (unpaired) electrons. The lowest BCUT2D eigenvalue weighted by atomic mass is 9.58. The molecule has 2 saturated carbocycles. The van der Waals surface area contributed by atoms with Gasteiger partial charge in [-0.2, -0.15) is 0 Å². The molecule has 114 valence electrons. The number of Topliss-reactive ketones (excluding diaryl/α,β-unsaturated/α-hetero) is 1. The van der Waals surface area contributed by atoms with E-state index >= 15 is 0 Å². The van der Waals surface area contributed by atoms with E-state index in [-0.39, 0.29) is 5.41 Å². The zero-order valence-electron chi connectivity index (χ0n) is 12.3. The topological polar surface area (TPSA) is 17.1 Å². The van der Waals surface area contributed by atoms with Crippen molar-refractivity contribution in [3.05, 3.63) is 35.4 Å². The molecule has 1 nitrogen and oxygen atoms in total. The predicted molar refractivity (Wildman–Crippen MR) is 78.1 cm³/mol. The quantitative estimate of drug-likeness (QED) is 0.755. The number of carbonyl (C=O) groups excluding carboxylic acids is 1. The van der Waals surface area contributed by atoms with Crippen LogP contribution in [0.3, 0.4) is 0 Å². The van der Waals surface area contributed by atoms with Gasteiger partial charge in [-0.1, -0.05) is 25.3 Å². The first-order valence-corrected chi connectivity index (χ1v) is 8.09. The molecule has 0 aromatic heterocycles. The van der Waals surface area contributed by atoms with Gasteiger partial charge in [0.25, 0.3) is 0 Å². The monoisotopic (exact) mass is 292 g/mol. The van der Waals surface area contributed by atoms with Crippen LogP contribution in [-0.2, 0) is 10.2 Å². The summed E-state index contributed by atoms with van der Waals surface area (Å²) >= 11 is 0. The fourth-order valence-corrected chi connectivity index (χ4v) is 4.41. The second-order valence-corrected chi connectivity index (χ2v) is 6.66. The number of ketones is 1. The van der Waals surface area contributed by atoms with E-state index in [0.717, 1.165) is 44.1 Å². The standard InChI is InChI=1S/C18H22F2O/c19-16-9-6-14(12-17(16)20)18(10-2-1-3-11-18)13-4-7-15(21)8-5-13/h6,9,12-13H,1-5,7-8,10-11H2.